The Kier molecular flexibility index (Phi) is 5.26. The third-order valence-electron chi connectivity index (χ3n) is 4.49. The Hall–Kier alpha value is -1.67. The molecular weight excluding hydrogens is 287 g/mol. The average molecular weight is 314 g/mol. The number of halogens is 1. The van der Waals surface area contributed by atoms with Gasteiger partial charge in [-0.25, -0.2) is 4.39 Å². The minimum atomic E-state index is -0.563. The Morgan fingerprint density at radius 3 is 1.83 bits per heavy atom. The summed E-state index contributed by atoms with van der Waals surface area (Å²) in [7, 11) is 0. The Bertz CT molecular complexity index is 682. The van der Waals surface area contributed by atoms with Crippen LogP contribution in [0.5, 0.6) is 0 Å². The zero-order valence-electron chi connectivity index (χ0n) is 14.9. The van der Waals surface area contributed by atoms with Gasteiger partial charge in [0.25, 0.3) is 0 Å². The first-order chi connectivity index (χ1) is 10.7. The number of rotatable bonds is 4. The lowest BCUT2D eigenvalue weighted by atomic mass is 9.80. The Balaban J connectivity index is 2.87. The van der Waals surface area contributed by atoms with E-state index in [0.717, 1.165) is 16.7 Å². The molecule has 0 aliphatic heterocycles. The fraction of sp³-hybridized carbons (Fsp3) is 0.429. The summed E-state index contributed by atoms with van der Waals surface area (Å²) in [5, 5.41) is 10.4. The minimum absolute atomic E-state index is 0.242. The second-order valence-electron chi connectivity index (χ2n) is 6.96. The molecule has 1 unspecified atom stereocenters. The minimum Gasteiger partial charge on any atom is -0.389 e. The van der Waals surface area contributed by atoms with Crippen LogP contribution in [-0.4, -0.2) is 5.11 Å². The van der Waals surface area contributed by atoms with Crippen molar-refractivity contribution in [3.63, 3.8) is 0 Å². The summed E-state index contributed by atoms with van der Waals surface area (Å²) in [5.74, 6) is 0.473. The lowest BCUT2D eigenvalue weighted by Crippen LogP contribution is -2.08. The third-order valence-corrected chi connectivity index (χ3v) is 4.49. The van der Waals surface area contributed by atoms with E-state index in [1.165, 1.54) is 28.8 Å². The molecule has 2 aromatic rings. The van der Waals surface area contributed by atoms with E-state index in [4.69, 9.17) is 0 Å². The first kappa shape index (κ1) is 17.7. The van der Waals surface area contributed by atoms with E-state index >= 15 is 0 Å². The second-order valence-corrected chi connectivity index (χ2v) is 6.96. The maximum atomic E-state index is 13.3. The highest BCUT2D eigenvalue weighted by Gasteiger charge is 2.22. The van der Waals surface area contributed by atoms with E-state index in [0.29, 0.717) is 11.8 Å². The maximum Gasteiger partial charge on any atom is 0.123 e. The van der Waals surface area contributed by atoms with Crippen molar-refractivity contribution in [2.75, 3.05) is 0 Å². The molecule has 0 heterocycles. The predicted octanol–water partition coefficient (Wildman–Crippen LogP) is 6.10. The van der Waals surface area contributed by atoms with Crippen molar-refractivity contribution < 1.29 is 9.50 Å². The lowest BCUT2D eigenvalue weighted by molar-refractivity contribution is 0.198. The van der Waals surface area contributed by atoms with E-state index < -0.39 is 6.10 Å². The van der Waals surface area contributed by atoms with Crippen LogP contribution in [0.3, 0.4) is 0 Å². The van der Waals surface area contributed by atoms with Crippen molar-refractivity contribution in [2.24, 2.45) is 0 Å². The largest absolute Gasteiger partial charge is 0.389 e. The topological polar surface area (TPSA) is 20.2 Å². The first-order valence-electron chi connectivity index (χ1n) is 8.35. The van der Waals surface area contributed by atoms with Crippen LogP contribution >= 0.6 is 0 Å². The van der Waals surface area contributed by atoms with Crippen LogP contribution in [0.2, 0.25) is 0 Å². The van der Waals surface area contributed by atoms with E-state index in [1.54, 1.807) is 12.1 Å². The number of hydrogen-bond donors (Lipinski definition) is 1. The number of benzene rings is 2. The molecule has 0 spiro atoms. The zero-order valence-corrected chi connectivity index (χ0v) is 14.9. The van der Waals surface area contributed by atoms with Gasteiger partial charge in [0.1, 0.15) is 5.82 Å². The Labute approximate surface area is 139 Å². The quantitative estimate of drug-likeness (QED) is 0.722. The monoisotopic (exact) mass is 314 g/mol. The first-order valence-corrected chi connectivity index (χ1v) is 8.35. The van der Waals surface area contributed by atoms with Gasteiger partial charge in [-0.2, -0.15) is 0 Å². The molecule has 0 aliphatic rings. The molecule has 0 saturated carbocycles. The van der Waals surface area contributed by atoms with E-state index in [-0.39, 0.29) is 5.82 Å². The van der Waals surface area contributed by atoms with Gasteiger partial charge in [0.2, 0.25) is 0 Å². The molecule has 0 aliphatic carbocycles. The molecule has 2 heteroatoms. The molecular formula is C21H27FO. The summed E-state index contributed by atoms with van der Waals surface area (Å²) in [6.45, 7) is 12.6. The van der Waals surface area contributed by atoms with Gasteiger partial charge in [-0.15, -0.1) is 0 Å². The fourth-order valence-corrected chi connectivity index (χ4v) is 3.36. The van der Waals surface area contributed by atoms with Gasteiger partial charge in [-0.1, -0.05) is 45.9 Å². The van der Waals surface area contributed by atoms with Crippen molar-refractivity contribution in [1.29, 1.82) is 0 Å². The second kappa shape index (κ2) is 6.84. The molecule has 23 heavy (non-hydrogen) atoms. The molecule has 0 amide bonds. The fourth-order valence-electron chi connectivity index (χ4n) is 3.36. The highest BCUT2D eigenvalue weighted by molar-refractivity contribution is 5.75. The summed E-state index contributed by atoms with van der Waals surface area (Å²) < 4.78 is 13.3. The molecule has 0 aromatic heterocycles. The molecule has 2 aromatic carbocycles. The normalized spacial score (nSPS) is 13.0. The maximum absolute atomic E-state index is 13.3. The van der Waals surface area contributed by atoms with Crippen LogP contribution in [0.15, 0.2) is 30.3 Å². The van der Waals surface area contributed by atoms with Gasteiger partial charge in [0.15, 0.2) is 0 Å². The highest BCUT2D eigenvalue weighted by atomic mass is 19.1. The molecule has 124 valence electrons. The number of aliphatic hydroxyl groups is 1. The smallest absolute Gasteiger partial charge is 0.123 e. The van der Waals surface area contributed by atoms with Gasteiger partial charge in [-0.3, -0.25) is 0 Å². The van der Waals surface area contributed by atoms with Crippen molar-refractivity contribution in [1.82, 2.24) is 0 Å². The number of hydrogen-bond acceptors (Lipinski definition) is 1. The van der Waals surface area contributed by atoms with Gasteiger partial charge in [0, 0.05) is 0 Å². The summed E-state index contributed by atoms with van der Waals surface area (Å²) in [6, 6.07) is 8.81. The molecule has 0 bridgehead atoms. The van der Waals surface area contributed by atoms with Crippen LogP contribution in [0.25, 0.3) is 11.1 Å². The zero-order chi connectivity index (χ0) is 17.3. The molecule has 1 nitrogen and oxygen atoms in total. The standard InChI is InChI=1S/C21H27FO/c1-12(2)18-11-19(13(3)4)21(15(6)23)20(14(18)5)16-7-9-17(22)10-8-16/h7-13,15,23H,1-6H3. The van der Waals surface area contributed by atoms with E-state index in [9.17, 15) is 9.50 Å². The number of aliphatic hydroxyl groups excluding tert-OH is 1. The summed E-state index contributed by atoms with van der Waals surface area (Å²) in [6.07, 6.45) is -0.563. The van der Waals surface area contributed by atoms with Crippen molar-refractivity contribution >= 4 is 0 Å². The highest BCUT2D eigenvalue weighted by Crippen LogP contribution is 2.40. The van der Waals surface area contributed by atoms with Crippen molar-refractivity contribution in [3.05, 3.63) is 58.4 Å². The van der Waals surface area contributed by atoms with Gasteiger partial charge in [-0.05, 0) is 71.2 Å². The summed E-state index contributed by atoms with van der Waals surface area (Å²) in [5.41, 5.74) is 6.62. The summed E-state index contributed by atoms with van der Waals surface area (Å²) in [4.78, 5) is 0. The van der Waals surface area contributed by atoms with Crippen molar-refractivity contribution in [3.8, 4) is 11.1 Å². The third kappa shape index (κ3) is 3.48. The van der Waals surface area contributed by atoms with Crippen LogP contribution in [0.4, 0.5) is 4.39 Å². The van der Waals surface area contributed by atoms with Crippen LogP contribution in [0, 0.1) is 12.7 Å². The summed E-state index contributed by atoms with van der Waals surface area (Å²) >= 11 is 0. The molecule has 1 atom stereocenters. The predicted molar refractivity (Wildman–Crippen MR) is 95.4 cm³/mol. The van der Waals surface area contributed by atoms with Crippen molar-refractivity contribution in [2.45, 2.75) is 59.5 Å². The van der Waals surface area contributed by atoms with Gasteiger partial charge < -0.3 is 5.11 Å². The Morgan fingerprint density at radius 1 is 0.870 bits per heavy atom. The lowest BCUT2D eigenvalue weighted by Gasteiger charge is -2.26. The average Bonchev–Trinajstić information content (AvgIpc) is 2.46. The molecule has 0 radical (unpaired) electrons. The van der Waals surface area contributed by atoms with Crippen LogP contribution in [-0.2, 0) is 0 Å². The van der Waals surface area contributed by atoms with E-state index in [1.807, 2.05) is 6.92 Å². The van der Waals surface area contributed by atoms with Gasteiger partial charge in [0.05, 0.1) is 6.10 Å². The molecule has 0 fully saturated rings. The van der Waals surface area contributed by atoms with E-state index in [2.05, 4.69) is 40.7 Å². The van der Waals surface area contributed by atoms with Crippen LogP contribution < -0.4 is 0 Å². The molecule has 2 rings (SSSR count). The SMILES string of the molecule is Cc1c(C(C)C)cc(C(C)C)c(C(C)O)c1-c1ccc(F)cc1. The molecule has 0 saturated heterocycles. The molecule has 1 N–H and O–H groups in total. The Morgan fingerprint density at radius 2 is 1.39 bits per heavy atom. The van der Waals surface area contributed by atoms with Crippen LogP contribution in [0.1, 0.15) is 74.8 Å². The van der Waals surface area contributed by atoms with Gasteiger partial charge >= 0.3 is 0 Å².